The lowest BCUT2D eigenvalue weighted by Crippen LogP contribution is -2.26. The van der Waals surface area contributed by atoms with Gasteiger partial charge in [0.2, 0.25) is 5.69 Å². The molecule has 0 aliphatic rings. The molecule has 6 N–H and O–H groups in total. The zero-order valence-corrected chi connectivity index (χ0v) is 17.4. The maximum absolute atomic E-state index is 10.8. The molecule has 2 heterocycles. The van der Waals surface area contributed by atoms with Gasteiger partial charge in [-0.2, -0.15) is 0 Å². The number of pyridine rings is 2. The van der Waals surface area contributed by atoms with Crippen LogP contribution in [0.4, 0.5) is 0 Å². The number of carbonyl (C=O) groups is 4. The lowest BCUT2D eigenvalue weighted by molar-refractivity contribution is -0.365. The minimum absolute atomic E-state index is 0. The molecule has 33 heavy (non-hydrogen) atoms. The number of aromatic carboxylic acids is 4. The van der Waals surface area contributed by atoms with E-state index in [-0.39, 0.29) is 5.48 Å². The Kier molecular flexibility index (Phi) is 8.89. The number of aromatic amines is 1. The van der Waals surface area contributed by atoms with Gasteiger partial charge in [-0.1, -0.05) is 0 Å². The minimum atomic E-state index is -1.91. The summed E-state index contributed by atoms with van der Waals surface area (Å²) >= 11 is 0. The number of benzene rings is 1. The fourth-order valence-electron chi connectivity index (χ4n) is 2.71. The van der Waals surface area contributed by atoms with Crippen LogP contribution in [0.25, 0.3) is 11.4 Å². The summed E-state index contributed by atoms with van der Waals surface area (Å²) in [5.74, 6) is -6.98. The number of rotatable bonds is 5. The second-order valence-corrected chi connectivity index (χ2v) is 6.64. The van der Waals surface area contributed by atoms with Crippen molar-refractivity contribution in [2.75, 3.05) is 0 Å². The van der Waals surface area contributed by atoms with E-state index in [1.54, 1.807) is 0 Å². The average molecular weight is 456 g/mol. The first-order valence-electron chi connectivity index (χ1n) is 9.02. The van der Waals surface area contributed by atoms with Crippen LogP contribution in [0.5, 0.6) is 0 Å². The lowest BCUT2D eigenvalue weighted by Gasteiger charge is -2.10. The predicted octanol–water partition coefficient (Wildman–Crippen LogP) is 0.500. The summed E-state index contributed by atoms with van der Waals surface area (Å²) in [5, 5.41) is 36.8. The molecule has 0 bridgehead atoms. The highest BCUT2D eigenvalue weighted by molar-refractivity contribution is 6.08. The molecular formula is C22H20N2O9. The van der Waals surface area contributed by atoms with Crippen LogP contribution in [0.15, 0.2) is 48.8 Å². The molecule has 11 heteroatoms. The first-order valence-corrected chi connectivity index (χ1v) is 9.02. The van der Waals surface area contributed by atoms with Gasteiger partial charge < -0.3 is 30.7 Å². The number of carboxylic acids is 4. The number of carboxylic acid groups (broad SMARTS) is 4. The van der Waals surface area contributed by atoms with Crippen LogP contribution in [0.2, 0.25) is 0 Å². The standard InChI is InChI=1S/C12H12N2.C10H6O8.H2O/c1-9-3-5-13-11(7-9)12-8-10(2)4-6-14-12;11-7(12)3-1-4(8(13)14)6(10(17)18)2-5(3)9(15)16;/h3-8H,1-2H3;1-2H,(H,11,12)(H,13,14)(H,15,16)(H,17,18);1H2. The van der Waals surface area contributed by atoms with Crippen LogP contribution in [0.3, 0.4) is 0 Å². The zero-order valence-electron chi connectivity index (χ0n) is 17.4. The topological polar surface area (TPSA) is 211 Å². The van der Waals surface area contributed by atoms with E-state index in [0.29, 0.717) is 12.1 Å². The number of carbonyl (C=O) groups excluding carboxylic acids is 1. The van der Waals surface area contributed by atoms with Gasteiger partial charge in [-0.15, -0.1) is 0 Å². The maximum Gasteiger partial charge on any atom is 0.336 e. The number of H-pyrrole nitrogens is 1. The summed E-state index contributed by atoms with van der Waals surface area (Å²) in [6.45, 7) is 4.15. The first-order chi connectivity index (χ1) is 15.0. The van der Waals surface area contributed by atoms with Crippen molar-refractivity contribution in [3.05, 3.63) is 82.2 Å². The van der Waals surface area contributed by atoms with Crippen molar-refractivity contribution in [1.82, 2.24) is 4.98 Å². The highest BCUT2D eigenvalue weighted by Gasteiger charge is 2.22. The van der Waals surface area contributed by atoms with E-state index in [1.807, 2.05) is 24.5 Å². The molecule has 0 atom stereocenters. The Morgan fingerprint density at radius 3 is 1.73 bits per heavy atom. The fraction of sp³-hybridized carbons (Fsp3) is 0.0909. The largest absolute Gasteiger partial charge is 0.545 e. The van der Waals surface area contributed by atoms with Gasteiger partial charge in [-0.3, -0.25) is 0 Å². The molecule has 0 amide bonds. The molecule has 0 unspecified atom stereocenters. The Balaban J connectivity index is 0.000000328. The van der Waals surface area contributed by atoms with E-state index in [0.717, 1.165) is 11.4 Å². The van der Waals surface area contributed by atoms with Gasteiger partial charge >= 0.3 is 17.9 Å². The SMILES string of the molecule is Cc1ccnc(-c2cc(C)cc[nH+]2)c1.O.O=C([O-])c1cc(C(=O)O)c(C(=O)O)cc1C(=O)O. The van der Waals surface area contributed by atoms with Crippen molar-refractivity contribution in [3.63, 3.8) is 0 Å². The molecule has 1 aromatic carbocycles. The van der Waals surface area contributed by atoms with Gasteiger partial charge in [-0.05, 0) is 49.2 Å². The number of nitrogens with one attached hydrogen (secondary N) is 1. The summed E-state index contributed by atoms with van der Waals surface area (Å²) in [5.41, 5.74) is 1.13. The summed E-state index contributed by atoms with van der Waals surface area (Å²) in [7, 11) is 0. The Labute approximate surface area is 186 Å². The van der Waals surface area contributed by atoms with Crippen LogP contribution in [0, 0.1) is 13.8 Å². The molecule has 0 aliphatic heterocycles. The van der Waals surface area contributed by atoms with Crippen molar-refractivity contribution < 1.29 is 50.1 Å². The number of aromatic nitrogens is 2. The normalized spacial score (nSPS) is 9.64. The minimum Gasteiger partial charge on any atom is -0.545 e. The summed E-state index contributed by atoms with van der Waals surface area (Å²) < 4.78 is 0. The Hall–Kier alpha value is -4.64. The van der Waals surface area contributed by atoms with Gasteiger partial charge in [0.1, 0.15) is 5.69 Å². The molecule has 11 nitrogen and oxygen atoms in total. The molecule has 0 spiro atoms. The van der Waals surface area contributed by atoms with Gasteiger partial charge in [-0.25, -0.2) is 24.4 Å². The van der Waals surface area contributed by atoms with Crippen molar-refractivity contribution in [2.24, 2.45) is 0 Å². The number of aryl methyl sites for hydroxylation is 2. The van der Waals surface area contributed by atoms with E-state index >= 15 is 0 Å². The van der Waals surface area contributed by atoms with E-state index < -0.39 is 46.1 Å². The van der Waals surface area contributed by atoms with Crippen molar-refractivity contribution >= 4 is 23.9 Å². The highest BCUT2D eigenvalue weighted by Crippen LogP contribution is 2.18. The van der Waals surface area contributed by atoms with E-state index in [2.05, 4.69) is 35.9 Å². The van der Waals surface area contributed by atoms with E-state index in [9.17, 15) is 24.3 Å². The lowest BCUT2D eigenvalue weighted by atomic mass is 9.98. The highest BCUT2D eigenvalue weighted by atomic mass is 16.4. The second-order valence-electron chi connectivity index (χ2n) is 6.64. The molecule has 0 saturated carbocycles. The summed E-state index contributed by atoms with van der Waals surface area (Å²) in [6, 6.07) is 9.13. The van der Waals surface area contributed by atoms with E-state index in [1.165, 1.54) is 11.1 Å². The van der Waals surface area contributed by atoms with Crippen LogP contribution >= 0.6 is 0 Å². The van der Waals surface area contributed by atoms with Crippen molar-refractivity contribution in [3.8, 4) is 11.4 Å². The monoisotopic (exact) mass is 456 g/mol. The smallest absolute Gasteiger partial charge is 0.336 e. The van der Waals surface area contributed by atoms with Crippen molar-refractivity contribution in [2.45, 2.75) is 13.8 Å². The first kappa shape index (κ1) is 26.4. The van der Waals surface area contributed by atoms with Crippen LogP contribution in [0.1, 0.15) is 52.6 Å². The number of nitrogens with zero attached hydrogens (tertiary/aromatic N) is 1. The Morgan fingerprint density at radius 1 is 0.788 bits per heavy atom. The third-order valence-corrected chi connectivity index (χ3v) is 4.22. The van der Waals surface area contributed by atoms with Gasteiger partial charge in [0.05, 0.1) is 22.7 Å². The molecule has 0 radical (unpaired) electrons. The molecule has 0 fully saturated rings. The molecule has 2 aromatic heterocycles. The summed E-state index contributed by atoms with van der Waals surface area (Å²) in [6.07, 6.45) is 3.77. The fourth-order valence-corrected chi connectivity index (χ4v) is 2.71. The van der Waals surface area contributed by atoms with Gasteiger partial charge in [0.15, 0.2) is 6.20 Å². The van der Waals surface area contributed by atoms with E-state index in [4.69, 9.17) is 15.3 Å². The molecule has 0 aliphatic carbocycles. The molecule has 172 valence electrons. The summed E-state index contributed by atoms with van der Waals surface area (Å²) in [4.78, 5) is 50.4. The zero-order chi connectivity index (χ0) is 24.0. The predicted molar refractivity (Wildman–Crippen MR) is 111 cm³/mol. The van der Waals surface area contributed by atoms with Crippen LogP contribution in [-0.2, 0) is 0 Å². The van der Waals surface area contributed by atoms with Gasteiger partial charge in [0, 0.05) is 23.9 Å². The molecular weight excluding hydrogens is 436 g/mol. The van der Waals surface area contributed by atoms with Crippen LogP contribution in [-0.4, -0.2) is 49.7 Å². The Bertz CT molecular complexity index is 1080. The second kappa shape index (κ2) is 11.1. The van der Waals surface area contributed by atoms with Crippen molar-refractivity contribution in [1.29, 1.82) is 0 Å². The van der Waals surface area contributed by atoms with Crippen LogP contribution < -0.4 is 10.1 Å². The number of hydrogen-bond acceptors (Lipinski definition) is 6. The molecule has 0 saturated heterocycles. The number of hydrogen-bond donors (Lipinski definition) is 3. The van der Waals surface area contributed by atoms with Gasteiger partial charge in [0.25, 0.3) is 0 Å². The quantitative estimate of drug-likeness (QED) is 0.487. The third kappa shape index (κ3) is 6.67. The third-order valence-electron chi connectivity index (χ3n) is 4.22. The average Bonchev–Trinajstić information content (AvgIpc) is 2.73. The Morgan fingerprint density at radius 2 is 1.27 bits per heavy atom. The molecule has 3 aromatic rings. The molecule has 3 rings (SSSR count). The maximum atomic E-state index is 10.8.